The highest BCUT2D eigenvalue weighted by molar-refractivity contribution is 6.53. The molecule has 0 radical (unpaired) electrons. The second kappa shape index (κ2) is 9.73. The maximum Gasteiger partial charge on any atom is 0.231 e. The van der Waals surface area contributed by atoms with Gasteiger partial charge in [0, 0.05) is 27.2 Å². The average Bonchev–Trinajstić information content (AvgIpc) is 3.35. The zero-order valence-corrected chi connectivity index (χ0v) is 20.6. The monoisotopic (exact) mass is 541 g/mol. The Morgan fingerprint density at radius 2 is 1.58 bits per heavy atom. The Bertz CT molecular complexity index is 1200. The van der Waals surface area contributed by atoms with Crippen LogP contribution in [-0.2, 0) is 4.79 Å². The Kier molecular flexibility index (Phi) is 7.13. The first-order chi connectivity index (χ1) is 15.7. The summed E-state index contributed by atoms with van der Waals surface area (Å²) in [7, 11) is 0. The van der Waals surface area contributed by atoms with Crippen LogP contribution in [0.3, 0.4) is 0 Å². The molecule has 1 aliphatic rings. The van der Waals surface area contributed by atoms with Crippen molar-refractivity contribution in [2.24, 2.45) is 5.92 Å². The van der Waals surface area contributed by atoms with Crippen LogP contribution < -0.4 is 10.1 Å². The van der Waals surface area contributed by atoms with Gasteiger partial charge in [-0.2, -0.15) is 0 Å². The van der Waals surface area contributed by atoms with Crippen LogP contribution in [0, 0.1) is 5.92 Å². The number of hydrogen-bond donors (Lipinski definition) is 1. The molecule has 0 saturated heterocycles. The van der Waals surface area contributed by atoms with Gasteiger partial charge in [-0.25, -0.2) is 0 Å². The van der Waals surface area contributed by atoms with Gasteiger partial charge in [0.2, 0.25) is 11.7 Å². The number of hydrogen-bond acceptors (Lipinski definition) is 3. The minimum absolute atomic E-state index is 0.201. The van der Waals surface area contributed by atoms with Gasteiger partial charge in [-0.1, -0.05) is 53.0 Å². The van der Waals surface area contributed by atoms with Gasteiger partial charge in [-0.15, -0.1) is 23.2 Å². The lowest BCUT2D eigenvalue weighted by atomic mass is 10.1. The Hall–Kier alpha value is -1.95. The average molecular weight is 544 g/mol. The third-order valence-electron chi connectivity index (χ3n) is 5.23. The van der Waals surface area contributed by atoms with Gasteiger partial charge in [-0.3, -0.25) is 9.59 Å². The topological polar surface area (TPSA) is 55.4 Å². The van der Waals surface area contributed by atoms with Gasteiger partial charge in [0.05, 0.1) is 10.9 Å². The Labute approximate surface area is 215 Å². The summed E-state index contributed by atoms with van der Waals surface area (Å²) in [5, 5.41) is 3.85. The first kappa shape index (κ1) is 24.2. The zero-order chi connectivity index (χ0) is 23.8. The number of ketones is 1. The number of nitrogens with one attached hydrogen (secondary N) is 1. The molecule has 0 heterocycles. The summed E-state index contributed by atoms with van der Waals surface area (Å²) >= 11 is 31.2. The molecule has 4 rings (SSSR count). The summed E-state index contributed by atoms with van der Waals surface area (Å²) in [6, 6.07) is 18.5. The fraction of sp³-hybridized carbons (Fsp3) is 0.167. The molecule has 0 aromatic heterocycles. The second-order valence-corrected chi connectivity index (χ2v) is 10.3. The highest BCUT2D eigenvalue weighted by Crippen LogP contribution is 2.65. The lowest BCUT2D eigenvalue weighted by Crippen LogP contribution is -2.18. The number of carbonyl (C=O) groups is 2. The maximum atomic E-state index is 12.9. The van der Waals surface area contributed by atoms with E-state index in [0.717, 1.165) is 0 Å². The molecule has 0 bridgehead atoms. The smallest absolute Gasteiger partial charge is 0.231 e. The zero-order valence-electron chi connectivity index (χ0n) is 16.8. The summed E-state index contributed by atoms with van der Waals surface area (Å²) in [4.78, 5) is 25.6. The van der Waals surface area contributed by atoms with Crippen LogP contribution in [-0.4, -0.2) is 22.6 Å². The van der Waals surface area contributed by atoms with Crippen LogP contribution in [0.25, 0.3) is 0 Å². The molecule has 1 aliphatic carbocycles. The Morgan fingerprint density at radius 1 is 0.909 bits per heavy atom. The molecule has 1 amide bonds. The van der Waals surface area contributed by atoms with Crippen molar-refractivity contribution in [3.05, 3.63) is 92.9 Å². The second-order valence-electron chi connectivity index (χ2n) is 7.54. The summed E-state index contributed by atoms with van der Waals surface area (Å²) < 4.78 is 4.19. The first-order valence-electron chi connectivity index (χ1n) is 9.82. The summed E-state index contributed by atoms with van der Waals surface area (Å²) in [5.74, 6) is -1.38. The number of rotatable bonds is 7. The molecule has 0 spiro atoms. The normalized spacial score (nSPS) is 18.5. The minimum atomic E-state index is -1.31. The van der Waals surface area contributed by atoms with E-state index >= 15 is 0 Å². The van der Waals surface area contributed by atoms with E-state index < -0.39 is 22.1 Å². The van der Waals surface area contributed by atoms with E-state index in [2.05, 4.69) is 5.32 Å². The predicted molar refractivity (Wildman–Crippen MR) is 133 cm³/mol. The van der Waals surface area contributed by atoms with Crippen LogP contribution in [0.5, 0.6) is 5.75 Å². The highest BCUT2D eigenvalue weighted by Gasteiger charge is 2.67. The van der Waals surface area contributed by atoms with E-state index in [4.69, 9.17) is 62.7 Å². The van der Waals surface area contributed by atoms with Crippen molar-refractivity contribution in [2.45, 2.75) is 10.3 Å². The van der Waals surface area contributed by atoms with Gasteiger partial charge in [-0.05, 0) is 54.1 Å². The van der Waals surface area contributed by atoms with Crippen molar-refractivity contribution in [2.75, 3.05) is 11.9 Å². The minimum Gasteiger partial charge on any atom is -0.485 e. The third kappa shape index (κ3) is 5.42. The van der Waals surface area contributed by atoms with E-state index in [-0.39, 0.29) is 23.0 Å². The van der Waals surface area contributed by atoms with E-state index in [9.17, 15) is 9.59 Å². The van der Waals surface area contributed by atoms with Crippen LogP contribution in [0.2, 0.25) is 15.1 Å². The van der Waals surface area contributed by atoms with Crippen molar-refractivity contribution in [1.82, 2.24) is 0 Å². The highest BCUT2D eigenvalue weighted by atomic mass is 35.5. The number of Topliss-reactive ketones (excluding diaryl/α,β-unsaturated/α-hetero) is 1. The van der Waals surface area contributed by atoms with Crippen molar-refractivity contribution in [3.63, 3.8) is 0 Å². The molecular weight excluding hydrogens is 528 g/mol. The number of halogens is 5. The van der Waals surface area contributed by atoms with Crippen molar-refractivity contribution in [1.29, 1.82) is 0 Å². The van der Waals surface area contributed by atoms with Gasteiger partial charge >= 0.3 is 0 Å². The lowest BCUT2D eigenvalue weighted by molar-refractivity contribution is -0.117. The standard InChI is InChI=1S/C24H16Cl5NO3/c25-14-8-13(9-15(26)10-14)21-22(24(21,28)29)23(32)30-16-6-7-19(27)18(11-16)20(31)12-33-17-4-2-1-3-5-17/h1-11,21-22H,12H2,(H,30,32). The Morgan fingerprint density at radius 3 is 2.24 bits per heavy atom. The van der Waals surface area contributed by atoms with Gasteiger partial charge in [0.15, 0.2) is 6.61 Å². The van der Waals surface area contributed by atoms with Crippen molar-refractivity contribution < 1.29 is 14.3 Å². The molecule has 1 fully saturated rings. The number of ether oxygens (including phenoxy) is 1. The summed E-state index contributed by atoms with van der Waals surface area (Å²) in [6.45, 7) is -0.201. The summed E-state index contributed by atoms with van der Waals surface area (Å²) in [6.07, 6.45) is 0. The van der Waals surface area contributed by atoms with Crippen LogP contribution in [0.15, 0.2) is 66.7 Å². The molecule has 1 N–H and O–H groups in total. The molecule has 9 heteroatoms. The van der Waals surface area contributed by atoms with E-state index in [1.54, 1.807) is 48.5 Å². The quantitative estimate of drug-likeness (QED) is 0.249. The van der Waals surface area contributed by atoms with Crippen LogP contribution >= 0.6 is 58.0 Å². The van der Waals surface area contributed by atoms with E-state index in [1.807, 2.05) is 6.07 Å². The maximum absolute atomic E-state index is 12.9. The molecule has 1 saturated carbocycles. The molecule has 4 nitrogen and oxygen atoms in total. The fourth-order valence-electron chi connectivity index (χ4n) is 3.60. The fourth-order valence-corrected chi connectivity index (χ4v) is 5.20. The molecule has 3 aromatic rings. The summed E-state index contributed by atoms with van der Waals surface area (Å²) in [5.41, 5.74) is 1.27. The van der Waals surface area contributed by atoms with Gasteiger partial charge < -0.3 is 10.1 Å². The SMILES string of the molecule is O=C(COc1ccccc1)c1cc(NC(=O)C2C(c3cc(Cl)cc(Cl)c3)C2(Cl)Cl)ccc1Cl. The van der Waals surface area contributed by atoms with Crippen molar-refractivity contribution >= 4 is 75.4 Å². The number of benzene rings is 3. The predicted octanol–water partition coefficient (Wildman–Crippen LogP) is 7.43. The number of alkyl halides is 2. The largest absolute Gasteiger partial charge is 0.485 e. The molecule has 33 heavy (non-hydrogen) atoms. The molecule has 2 unspecified atom stereocenters. The molecule has 3 aromatic carbocycles. The number of anilines is 1. The Balaban J connectivity index is 1.46. The van der Waals surface area contributed by atoms with E-state index in [1.165, 1.54) is 12.1 Å². The third-order valence-corrected chi connectivity index (χ3v) is 6.93. The molecule has 2 atom stereocenters. The van der Waals surface area contributed by atoms with Crippen molar-refractivity contribution in [3.8, 4) is 5.75 Å². The van der Waals surface area contributed by atoms with Gasteiger partial charge in [0.25, 0.3) is 0 Å². The molecule has 170 valence electrons. The van der Waals surface area contributed by atoms with Crippen LogP contribution in [0.4, 0.5) is 5.69 Å². The molecular formula is C24H16Cl5NO3. The first-order valence-corrected chi connectivity index (χ1v) is 11.7. The number of carbonyl (C=O) groups excluding carboxylic acids is 2. The van der Waals surface area contributed by atoms with Crippen LogP contribution in [0.1, 0.15) is 21.8 Å². The number of amides is 1. The lowest BCUT2D eigenvalue weighted by Gasteiger charge is -2.10. The molecule has 0 aliphatic heterocycles. The number of para-hydroxylation sites is 1. The van der Waals surface area contributed by atoms with E-state index in [0.29, 0.717) is 27.0 Å². The van der Waals surface area contributed by atoms with Gasteiger partial charge in [0.1, 0.15) is 10.1 Å².